The van der Waals surface area contributed by atoms with Crippen molar-refractivity contribution in [1.82, 2.24) is 9.97 Å². The molecule has 26 heavy (non-hydrogen) atoms. The van der Waals surface area contributed by atoms with Crippen LogP contribution in [0, 0.1) is 0 Å². The summed E-state index contributed by atoms with van der Waals surface area (Å²) in [5, 5.41) is 9.50. The molecule has 0 amide bonds. The van der Waals surface area contributed by atoms with Crippen LogP contribution in [0.4, 0.5) is 0 Å². The van der Waals surface area contributed by atoms with Gasteiger partial charge in [0.05, 0.1) is 11.0 Å². The van der Waals surface area contributed by atoms with Gasteiger partial charge in [-0.2, -0.15) is 0 Å². The van der Waals surface area contributed by atoms with E-state index in [-0.39, 0.29) is 0 Å². The Kier molecular flexibility index (Phi) is 10.2. The number of nitrogens with zero attached hydrogens (tertiary/aromatic N) is 1. The standard InChI is InChI=1S/C23H38N2O/c1-2-3-4-5-6-7-8-9-10-11-12-13-14-15-16-23-24-21-18-17-20(26)19-22(21)25-23/h17-19,26H,2-16H2,1H3,(H,24,25). The summed E-state index contributed by atoms with van der Waals surface area (Å²) in [6, 6.07) is 5.31. The van der Waals surface area contributed by atoms with Crippen LogP contribution in [-0.4, -0.2) is 15.1 Å². The van der Waals surface area contributed by atoms with Crippen LogP contribution in [-0.2, 0) is 6.42 Å². The van der Waals surface area contributed by atoms with Gasteiger partial charge in [-0.15, -0.1) is 0 Å². The lowest BCUT2D eigenvalue weighted by molar-refractivity contribution is 0.476. The van der Waals surface area contributed by atoms with E-state index in [0.29, 0.717) is 5.75 Å². The lowest BCUT2D eigenvalue weighted by Crippen LogP contribution is -1.89. The number of aryl methyl sites for hydroxylation is 1. The van der Waals surface area contributed by atoms with Gasteiger partial charge >= 0.3 is 0 Å². The molecule has 1 heterocycles. The van der Waals surface area contributed by atoms with Crippen LogP contribution in [0.3, 0.4) is 0 Å². The fourth-order valence-corrected chi connectivity index (χ4v) is 3.66. The SMILES string of the molecule is CCCCCCCCCCCCCCCCc1nc2ccc(O)cc2[nH]1. The number of nitrogens with one attached hydrogen (secondary N) is 1. The highest BCUT2D eigenvalue weighted by Crippen LogP contribution is 2.19. The van der Waals surface area contributed by atoms with Gasteiger partial charge in [0.15, 0.2) is 0 Å². The maximum Gasteiger partial charge on any atom is 0.117 e. The van der Waals surface area contributed by atoms with Gasteiger partial charge in [0, 0.05) is 12.5 Å². The quantitative estimate of drug-likeness (QED) is 0.328. The van der Waals surface area contributed by atoms with E-state index in [2.05, 4.69) is 16.9 Å². The molecule has 0 saturated carbocycles. The smallest absolute Gasteiger partial charge is 0.117 e. The number of benzene rings is 1. The predicted molar refractivity (Wildman–Crippen MR) is 112 cm³/mol. The van der Waals surface area contributed by atoms with Crippen molar-refractivity contribution in [3.05, 3.63) is 24.0 Å². The molecule has 2 aromatic rings. The molecule has 0 aliphatic heterocycles. The lowest BCUT2D eigenvalue weighted by Gasteiger charge is -2.03. The van der Waals surface area contributed by atoms with E-state index in [1.54, 1.807) is 12.1 Å². The molecule has 2 rings (SSSR count). The van der Waals surface area contributed by atoms with Crippen molar-refractivity contribution in [3.8, 4) is 5.75 Å². The number of fused-ring (bicyclic) bond motifs is 1. The van der Waals surface area contributed by atoms with Crippen molar-refractivity contribution in [2.24, 2.45) is 0 Å². The fourth-order valence-electron chi connectivity index (χ4n) is 3.66. The third kappa shape index (κ3) is 8.25. The normalized spacial score (nSPS) is 11.4. The van der Waals surface area contributed by atoms with Gasteiger partial charge in [-0.3, -0.25) is 0 Å². The molecule has 0 fully saturated rings. The summed E-state index contributed by atoms with van der Waals surface area (Å²) in [6.07, 6.45) is 20.4. The summed E-state index contributed by atoms with van der Waals surface area (Å²) in [4.78, 5) is 7.90. The van der Waals surface area contributed by atoms with Crippen molar-refractivity contribution < 1.29 is 5.11 Å². The van der Waals surface area contributed by atoms with E-state index >= 15 is 0 Å². The number of aromatic amines is 1. The first-order chi connectivity index (χ1) is 12.8. The molecule has 1 aromatic heterocycles. The number of hydrogen-bond donors (Lipinski definition) is 2. The first kappa shape index (κ1) is 20.8. The highest BCUT2D eigenvalue weighted by molar-refractivity contribution is 5.76. The Balaban J connectivity index is 1.40. The maximum atomic E-state index is 9.50. The number of imidazole rings is 1. The molecule has 0 aliphatic carbocycles. The molecule has 0 atom stereocenters. The number of phenols is 1. The lowest BCUT2D eigenvalue weighted by atomic mass is 10.0. The number of hydrogen-bond acceptors (Lipinski definition) is 2. The average Bonchev–Trinajstić information content (AvgIpc) is 3.04. The van der Waals surface area contributed by atoms with Gasteiger partial charge in [0.25, 0.3) is 0 Å². The summed E-state index contributed by atoms with van der Waals surface area (Å²) >= 11 is 0. The third-order valence-electron chi connectivity index (χ3n) is 5.28. The van der Waals surface area contributed by atoms with E-state index in [1.165, 1.54) is 89.9 Å². The second-order valence-corrected chi connectivity index (χ2v) is 7.73. The Morgan fingerprint density at radius 1 is 0.769 bits per heavy atom. The number of rotatable bonds is 15. The van der Waals surface area contributed by atoms with Crippen LogP contribution in [0.1, 0.15) is 103 Å². The van der Waals surface area contributed by atoms with E-state index in [4.69, 9.17) is 0 Å². The van der Waals surface area contributed by atoms with Gasteiger partial charge in [0.1, 0.15) is 11.6 Å². The molecule has 0 unspecified atom stereocenters. The van der Waals surface area contributed by atoms with Crippen molar-refractivity contribution in [2.45, 2.75) is 103 Å². The van der Waals surface area contributed by atoms with Gasteiger partial charge in [-0.1, -0.05) is 90.4 Å². The molecular formula is C23H38N2O. The summed E-state index contributed by atoms with van der Waals surface area (Å²) < 4.78 is 0. The molecule has 3 heteroatoms. The molecule has 0 radical (unpaired) electrons. The first-order valence-electron chi connectivity index (χ1n) is 11.0. The molecular weight excluding hydrogens is 320 g/mol. The van der Waals surface area contributed by atoms with Gasteiger partial charge in [-0.05, 0) is 18.6 Å². The van der Waals surface area contributed by atoms with Gasteiger partial charge in [-0.25, -0.2) is 4.98 Å². The first-order valence-corrected chi connectivity index (χ1v) is 11.0. The highest BCUT2D eigenvalue weighted by Gasteiger charge is 2.03. The van der Waals surface area contributed by atoms with Crippen LogP contribution in [0.2, 0.25) is 0 Å². The summed E-state index contributed by atoms with van der Waals surface area (Å²) in [6.45, 7) is 2.28. The molecule has 2 N–H and O–H groups in total. The minimum atomic E-state index is 0.296. The predicted octanol–water partition coefficient (Wildman–Crippen LogP) is 7.29. The summed E-state index contributed by atoms with van der Waals surface area (Å²) in [5.41, 5.74) is 1.88. The molecule has 3 nitrogen and oxygen atoms in total. The minimum Gasteiger partial charge on any atom is -0.508 e. The summed E-state index contributed by atoms with van der Waals surface area (Å²) in [5.74, 6) is 1.34. The number of aromatic hydroxyl groups is 1. The molecule has 146 valence electrons. The third-order valence-corrected chi connectivity index (χ3v) is 5.28. The zero-order chi connectivity index (χ0) is 18.5. The Bertz CT molecular complexity index is 605. The molecule has 1 aromatic carbocycles. The zero-order valence-corrected chi connectivity index (χ0v) is 16.7. The number of phenolic OH excluding ortho intramolecular Hbond substituents is 1. The second-order valence-electron chi connectivity index (χ2n) is 7.73. The molecule has 0 saturated heterocycles. The van der Waals surface area contributed by atoms with E-state index in [0.717, 1.165) is 23.3 Å². The van der Waals surface area contributed by atoms with Crippen LogP contribution in [0.25, 0.3) is 11.0 Å². The fraction of sp³-hybridized carbons (Fsp3) is 0.696. The molecule has 0 bridgehead atoms. The second kappa shape index (κ2) is 12.8. The summed E-state index contributed by atoms with van der Waals surface area (Å²) in [7, 11) is 0. The Morgan fingerprint density at radius 3 is 1.88 bits per heavy atom. The van der Waals surface area contributed by atoms with E-state index < -0.39 is 0 Å². The monoisotopic (exact) mass is 358 g/mol. The van der Waals surface area contributed by atoms with Crippen molar-refractivity contribution in [2.75, 3.05) is 0 Å². The van der Waals surface area contributed by atoms with Crippen LogP contribution in [0.15, 0.2) is 18.2 Å². The van der Waals surface area contributed by atoms with Crippen LogP contribution < -0.4 is 0 Å². The largest absolute Gasteiger partial charge is 0.508 e. The Labute approximate surface area is 159 Å². The zero-order valence-electron chi connectivity index (χ0n) is 16.7. The number of aromatic nitrogens is 2. The van der Waals surface area contributed by atoms with E-state index in [1.807, 2.05) is 6.07 Å². The number of unbranched alkanes of at least 4 members (excludes halogenated alkanes) is 13. The van der Waals surface area contributed by atoms with Gasteiger partial charge < -0.3 is 10.1 Å². The number of H-pyrrole nitrogens is 1. The van der Waals surface area contributed by atoms with Gasteiger partial charge in [0.2, 0.25) is 0 Å². The van der Waals surface area contributed by atoms with E-state index in [9.17, 15) is 5.11 Å². The topological polar surface area (TPSA) is 48.9 Å². The average molecular weight is 359 g/mol. The van der Waals surface area contributed by atoms with Crippen molar-refractivity contribution >= 4 is 11.0 Å². The minimum absolute atomic E-state index is 0.296. The van der Waals surface area contributed by atoms with Crippen molar-refractivity contribution in [3.63, 3.8) is 0 Å². The Morgan fingerprint density at radius 2 is 1.31 bits per heavy atom. The molecule has 0 aliphatic rings. The maximum absolute atomic E-state index is 9.50. The van der Waals surface area contributed by atoms with Crippen LogP contribution >= 0.6 is 0 Å². The van der Waals surface area contributed by atoms with Crippen LogP contribution in [0.5, 0.6) is 5.75 Å². The highest BCUT2D eigenvalue weighted by atomic mass is 16.3. The Hall–Kier alpha value is -1.51. The van der Waals surface area contributed by atoms with Crippen molar-refractivity contribution in [1.29, 1.82) is 0 Å². The molecule has 0 spiro atoms.